The third-order valence-corrected chi connectivity index (χ3v) is 8.32. The number of amides is 1. The smallest absolute Gasteiger partial charge is 0.243 e. The van der Waals surface area contributed by atoms with Gasteiger partial charge in [-0.1, -0.05) is 44.4 Å². The van der Waals surface area contributed by atoms with Gasteiger partial charge in [0, 0.05) is 37.2 Å². The maximum Gasteiger partial charge on any atom is 0.243 e. The molecular weight excluding hydrogens is 398 g/mol. The maximum atomic E-state index is 12.8. The average molecular weight is 428 g/mol. The first-order chi connectivity index (χ1) is 13.3. The SMILES string of the molecule is CC1CCCC(NC(=O)CN2CCN(S(=O)(=O)c3cccc(Cl)c3)CC2)C1C. The Bertz CT molecular complexity index is 794. The lowest BCUT2D eigenvalue weighted by Crippen LogP contribution is -2.52. The molecule has 2 fully saturated rings. The third kappa shape index (κ3) is 5.06. The lowest BCUT2D eigenvalue weighted by atomic mass is 9.78. The van der Waals surface area contributed by atoms with Crippen LogP contribution in [0.1, 0.15) is 33.1 Å². The van der Waals surface area contributed by atoms with E-state index in [2.05, 4.69) is 19.2 Å². The molecule has 1 aromatic carbocycles. The topological polar surface area (TPSA) is 69.7 Å². The van der Waals surface area contributed by atoms with Crippen molar-refractivity contribution in [2.24, 2.45) is 11.8 Å². The van der Waals surface area contributed by atoms with E-state index in [1.807, 2.05) is 4.90 Å². The monoisotopic (exact) mass is 427 g/mol. The van der Waals surface area contributed by atoms with Crippen LogP contribution < -0.4 is 5.32 Å². The molecule has 1 amide bonds. The molecule has 6 nitrogen and oxygen atoms in total. The molecule has 1 aliphatic heterocycles. The Labute approximate surface area is 173 Å². The minimum absolute atomic E-state index is 0.0390. The summed E-state index contributed by atoms with van der Waals surface area (Å²) < 4.78 is 27.0. The number of rotatable bonds is 5. The quantitative estimate of drug-likeness (QED) is 0.784. The number of hydrogen-bond donors (Lipinski definition) is 1. The van der Waals surface area contributed by atoms with E-state index in [0.717, 1.165) is 12.8 Å². The fraction of sp³-hybridized carbons (Fsp3) is 0.650. The van der Waals surface area contributed by atoms with Gasteiger partial charge in [-0.05, 0) is 36.5 Å². The van der Waals surface area contributed by atoms with E-state index in [9.17, 15) is 13.2 Å². The van der Waals surface area contributed by atoms with Crippen LogP contribution in [0.25, 0.3) is 0 Å². The number of benzene rings is 1. The van der Waals surface area contributed by atoms with Crippen LogP contribution in [-0.2, 0) is 14.8 Å². The molecule has 0 spiro atoms. The number of hydrogen-bond acceptors (Lipinski definition) is 4. The van der Waals surface area contributed by atoms with Crippen LogP contribution in [0.5, 0.6) is 0 Å². The summed E-state index contributed by atoms with van der Waals surface area (Å²) >= 11 is 5.93. The molecule has 0 aromatic heterocycles. The van der Waals surface area contributed by atoms with Crippen molar-refractivity contribution in [3.05, 3.63) is 29.3 Å². The van der Waals surface area contributed by atoms with E-state index in [1.54, 1.807) is 18.2 Å². The Balaban J connectivity index is 1.50. The van der Waals surface area contributed by atoms with Gasteiger partial charge in [0.1, 0.15) is 0 Å². The zero-order valence-electron chi connectivity index (χ0n) is 16.6. The molecule has 28 heavy (non-hydrogen) atoms. The number of halogens is 1. The zero-order chi connectivity index (χ0) is 20.3. The Morgan fingerprint density at radius 2 is 1.89 bits per heavy atom. The number of piperazine rings is 1. The van der Waals surface area contributed by atoms with E-state index in [0.29, 0.717) is 49.6 Å². The average Bonchev–Trinajstić information content (AvgIpc) is 2.66. The van der Waals surface area contributed by atoms with E-state index < -0.39 is 10.0 Å². The summed E-state index contributed by atoms with van der Waals surface area (Å²) in [5.41, 5.74) is 0. The maximum absolute atomic E-state index is 12.8. The fourth-order valence-corrected chi connectivity index (χ4v) is 5.87. The van der Waals surface area contributed by atoms with Crippen LogP contribution in [0.2, 0.25) is 5.02 Å². The third-order valence-electron chi connectivity index (χ3n) is 6.19. The molecule has 8 heteroatoms. The highest BCUT2D eigenvalue weighted by atomic mass is 35.5. The standard InChI is InChI=1S/C20H30ClN3O3S/c1-15-5-3-8-19(16(15)2)22-20(25)14-23-9-11-24(12-10-23)28(26,27)18-7-4-6-17(21)13-18/h4,6-7,13,15-16,19H,3,5,8-12,14H2,1-2H3,(H,22,25). The number of nitrogens with zero attached hydrogens (tertiary/aromatic N) is 2. The minimum Gasteiger partial charge on any atom is -0.352 e. The van der Waals surface area contributed by atoms with Gasteiger partial charge in [0.25, 0.3) is 0 Å². The highest BCUT2D eigenvalue weighted by molar-refractivity contribution is 7.89. The van der Waals surface area contributed by atoms with Gasteiger partial charge in [-0.15, -0.1) is 0 Å². The molecule has 1 aromatic rings. The van der Waals surface area contributed by atoms with Crippen molar-refractivity contribution >= 4 is 27.5 Å². The Morgan fingerprint density at radius 3 is 2.57 bits per heavy atom. The van der Waals surface area contributed by atoms with Gasteiger partial charge in [0.15, 0.2) is 0 Å². The first-order valence-electron chi connectivity index (χ1n) is 10.0. The van der Waals surface area contributed by atoms with Crippen LogP contribution >= 0.6 is 11.6 Å². The largest absolute Gasteiger partial charge is 0.352 e. The lowest BCUT2D eigenvalue weighted by Gasteiger charge is -2.36. The minimum atomic E-state index is -3.55. The summed E-state index contributed by atoms with van der Waals surface area (Å²) in [5, 5.41) is 3.60. The summed E-state index contributed by atoms with van der Waals surface area (Å²) in [5.74, 6) is 1.17. The molecule has 0 bridgehead atoms. The van der Waals surface area contributed by atoms with Crippen LogP contribution in [-0.4, -0.2) is 62.3 Å². The first kappa shape index (κ1) is 21.6. The van der Waals surface area contributed by atoms with Crippen molar-refractivity contribution < 1.29 is 13.2 Å². The van der Waals surface area contributed by atoms with Crippen molar-refractivity contribution in [1.82, 2.24) is 14.5 Å². The zero-order valence-corrected chi connectivity index (χ0v) is 18.2. The van der Waals surface area contributed by atoms with Crippen molar-refractivity contribution in [2.45, 2.75) is 44.0 Å². The molecule has 3 atom stereocenters. The summed E-state index contributed by atoms with van der Waals surface area (Å²) in [6.45, 7) is 6.63. The fourth-order valence-electron chi connectivity index (χ4n) is 4.15. The Morgan fingerprint density at radius 1 is 1.18 bits per heavy atom. The van der Waals surface area contributed by atoms with Crippen LogP contribution in [0.15, 0.2) is 29.2 Å². The number of nitrogens with one attached hydrogen (secondary N) is 1. The van der Waals surface area contributed by atoms with E-state index >= 15 is 0 Å². The van der Waals surface area contributed by atoms with Gasteiger partial charge < -0.3 is 5.32 Å². The molecule has 3 rings (SSSR count). The number of sulfonamides is 1. The molecule has 1 aliphatic carbocycles. The molecular formula is C20H30ClN3O3S. The molecule has 1 saturated heterocycles. The van der Waals surface area contributed by atoms with E-state index in [4.69, 9.17) is 11.6 Å². The van der Waals surface area contributed by atoms with E-state index in [-0.39, 0.29) is 16.8 Å². The van der Waals surface area contributed by atoms with Gasteiger partial charge in [0.05, 0.1) is 11.4 Å². The van der Waals surface area contributed by atoms with Crippen molar-refractivity contribution in [3.8, 4) is 0 Å². The second-order valence-electron chi connectivity index (χ2n) is 8.08. The lowest BCUT2D eigenvalue weighted by molar-refractivity contribution is -0.124. The summed E-state index contributed by atoms with van der Waals surface area (Å²) in [7, 11) is -3.55. The normalized spacial score (nSPS) is 27.5. The van der Waals surface area contributed by atoms with Gasteiger partial charge in [0.2, 0.25) is 15.9 Å². The second kappa shape index (κ2) is 9.11. The van der Waals surface area contributed by atoms with Crippen LogP contribution in [0.4, 0.5) is 0 Å². The predicted octanol–water partition coefficient (Wildman–Crippen LogP) is 2.59. The van der Waals surface area contributed by atoms with Gasteiger partial charge in [-0.2, -0.15) is 4.31 Å². The van der Waals surface area contributed by atoms with Crippen molar-refractivity contribution in [1.29, 1.82) is 0 Å². The van der Waals surface area contributed by atoms with Crippen LogP contribution in [0, 0.1) is 11.8 Å². The predicted molar refractivity (Wildman–Crippen MR) is 111 cm³/mol. The molecule has 2 aliphatic rings. The Hall–Kier alpha value is -1.15. The molecule has 1 saturated carbocycles. The highest BCUT2D eigenvalue weighted by Gasteiger charge is 2.31. The van der Waals surface area contributed by atoms with Gasteiger partial charge in [-0.25, -0.2) is 8.42 Å². The van der Waals surface area contributed by atoms with Crippen molar-refractivity contribution in [3.63, 3.8) is 0 Å². The number of carbonyl (C=O) groups excluding carboxylic acids is 1. The van der Waals surface area contributed by atoms with Crippen LogP contribution in [0.3, 0.4) is 0 Å². The molecule has 0 radical (unpaired) electrons. The first-order valence-corrected chi connectivity index (χ1v) is 11.9. The summed E-state index contributed by atoms with van der Waals surface area (Å²) in [6, 6.07) is 6.59. The van der Waals surface area contributed by atoms with Gasteiger partial charge in [-0.3, -0.25) is 9.69 Å². The number of carbonyl (C=O) groups is 1. The molecule has 1 heterocycles. The second-order valence-corrected chi connectivity index (χ2v) is 10.5. The molecule has 156 valence electrons. The molecule has 3 unspecified atom stereocenters. The van der Waals surface area contributed by atoms with E-state index in [1.165, 1.54) is 16.8 Å². The summed E-state index contributed by atoms with van der Waals surface area (Å²) in [6.07, 6.45) is 3.44. The summed E-state index contributed by atoms with van der Waals surface area (Å²) in [4.78, 5) is 14.7. The molecule has 1 N–H and O–H groups in total. The van der Waals surface area contributed by atoms with Crippen molar-refractivity contribution in [2.75, 3.05) is 32.7 Å². The highest BCUT2D eigenvalue weighted by Crippen LogP contribution is 2.29. The van der Waals surface area contributed by atoms with Gasteiger partial charge >= 0.3 is 0 Å². The Kier molecular flexibility index (Phi) is 7.02.